The molecule has 3 aromatic carbocycles. The molecular formula is C25H27ClN2O5S. The van der Waals surface area contributed by atoms with Crippen LogP contribution in [-0.2, 0) is 21.2 Å². The fourth-order valence-corrected chi connectivity index (χ4v) is 4.58. The molecule has 34 heavy (non-hydrogen) atoms. The summed E-state index contributed by atoms with van der Waals surface area (Å²) in [7, 11) is -2.33. The number of sulfonamides is 1. The Morgan fingerprint density at radius 1 is 1.03 bits per heavy atom. The Morgan fingerprint density at radius 2 is 1.74 bits per heavy atom. The van der Waals surface area contributed by atoms with Crippen molar-refractivity contribution in [3.8, 4) is 11.5 Å². The van der Waals surface area contributed by atoms with Crippen molar-refractivity contribution in [2.75, 3.05) is 18.4 Å². The maximum atomic E-state index is 12.7. The van der Waals surface area contributed by atoms with Gasteiger partial charge in [0.25, 0.3) is 15.9 Å². The molecule has 0 bridgehead atoms. The summed E-state index contributed by atoms with van der Waals surface area (Å²) in [5.74, 6) is 0.550. The number of rotatable bonds is 11. The van der Waals surface area contributed by atoms with E-state index in [1.807, 2.05) is 25.1 Å². The Morgan fingerprint density at radius 3 is 2.38 bits per heavy atom. The van der Waals surface area contributed by atoms with E-state index in [4.69, 9.17) is 21.1 Å². The maximum absolute atomic E-state index is 12.7. The standard InChI is InChI=1S/C25H27ClN2O5S/c1-18(8-9-19-6-4-3-5-7-19)27-25(29)17-33-24-15-14-22(16-23(24)26)34(30,31)28-20-10-12-21(32-2)13-11-20/h3-7,10-16,18,28H,8-9,17H2,1-2H3,(H,27,29)/t18-/m0/s1. The topological polar surface area (TPSA) is 93.7 Å². The number of anilines is 1. The number of carbonyl (C=O) groups excluding carboxylic acids is 1. The van der Waals surface area contributed by atoms with Crippen LogP contribution < -0.4 is 19.5 Å². The highest BCUT2D eigenvalue weighted by molar-refractivity contribution is 7.92. The second-order valence-corrected chi connectivity index (χ2v) is 9.80. The van der Waals surface area contributed by atoms with E-state index in [1.54, 1.807) is 24.3 Å². The number of methoxy groups -OCH3 is 1. The molecule has 7 nitrogen and oxygen atoms in total. The van der Waals surface area contributed by atoms with Crippen molar-refractivity contribution in [2.45, 2.75) is 30.7 Å². The number of amides is 1. The molecule has 0 saturated carbocycles. The zero-order chi connectivity index (χ0) is 24.6. The minimum absolute atomic E-state index is 0.0247. The molecule has 0 aliphatic heterocycles. The SMILES string of the molecule is COc1ccc(NS(=O)(=O)c2ccc(OCC(=O)N[C@@H](C)CCc3ccccc3)c(Cl)c2)cc1. The van der Waals surface area contributed by atoms with Crippen LogP contribution in [0.3, 0.4) is 0 Å². The van der Waals surface area contributed by atoms with Crippen LogP contribution in [0.1, 0.15) is 18.9 Å². The van der Waals surface area contributed by atoms with Gasteiger partial charge in [-0.25, -0.2) is 8.42 Å². The Kier molecular flexibility index (Phi) is 8.79. The van der Waals surface area contributed by atoms with Gasteiger partial charge in [0.2, 0.25) is 0 Å². The summed E-state index contributed by atoms with van der Waals surface area (Å²) in [6.45, 7) is 1.70. The van der Waals surface area contributed by atoms with Crippen LogP contribution in [0.25, 0.3) is 0 Å². The van der Waals surface area contributed by atoms with E-state index in [-0.39, 0.29) is 34.2 Å². The maximum Gasteiger partial charge on any atom is 0.261 e. The van der Waals surface area contributed by atoms with Gasteiger partial charge in [-0.05, 0) is 67.8 Å². The van der Waals surface area contributed by atoms with Crippen LogP contribution in [-0.4, -0.2) is 34.1 Å². The highest BCUT2D eigenvalue weighted by atomic mass is 35.5. The van der Waals surface area contributed by atoms with Gasteiger partial charge < -0.3 is 14.8 Å². The second kappa shape index (κ2) is 11.8. The number of nitrogens with one attached hydrogen (secondary N) is 2. The van der Waals surface area contributed by atoms with Gasteiger partial charge in [-0.2, -0.15) is 0 Å². The predicted molar refractivity (Wildman–Crippen MR) is 133 cm³/mol. The van der Waals surface area contributed by atoms with Gasteiger partial charge in [-0.1, -0.05) is 41.9 Å². The van der Waals surface area contributed by atoms with Crippen molar-refractivity contribution in [3.63, 3.8) is 0 Å². The number of aryl methyl sites for hydroxylation is 1. The van der Waals surface area contributed by atoms with Crippen molar-refractivity contribution in [1.29, 1.82) is 0 Å². The first-order valence-corrected chi connectivity index (χ1v) is 12.6. The first-order chi connectivity index (χ1) is 16.3. The van der Waals surface area contributed by atoms with Crippen LogP contribution in [0.5, 0.6) is 11.5 Å². The van der Waals surface area contributed by atoms with Gasteiger partial charge >= 0.3 is 0 Å². The number of hydrogen-bond acceptors (Lipinski definition) is 5. The molecule has 1 atom stereocenters. The second-order valence-electron chi connectivity index (χ2n) is 7.71. The average molecular weight is 503 g/mol. The van der Waals surface area contributed by atoms with Gasteiger partial charge in [0.05, 0.1) is 17.0 Å². The fourth-order valence-electron chi connectivity index (χ4n) is 3.20. The molecule has 0 aliphatic rings. The zero-order valence-corrected chi connectivity index (χ0v) is 20.5. The third kappa shape index (κ3) is 7.40. The van der Waals surface area contributed by atoms with Crippen molar-refractivity contribution in [3.05, 3.63) is 83.4 Å². The number of carbonyl (C=O) groups is 1. The average Bonchev–Trinajstić information content (AvgIpc) is 2.83. The number of ether oxygens (including phenoxy) is 2. The first kappa shape index (κ1) is 25.4. The molecule has 9 heteroatoms. The molecule has 0 saturated heterocycles. The Bertz CT molecular complexity index is 1200. The Hall–Kier alpha value is -3.23. The van der Waals surface area contributed by atoms with E-state index in [0.717, 1.165) is 12.8 Å². The smallest absolute Gasteiger partial charge is 0.261 e. The molecule has 0 radical (unpaired) electrons. The van der Waals surface area contributed by atoms with Crippen molar-refractivity contribution in [1.82, 2.24) is 5.32 Å². The molecule has 1 amide bonds. The van der Waals surface area contributed by atoms with Gasteiger partial charge in [-0.15, -0.1) is 0 Å². The quantitative estimate of drug-likeness (QED) is 0.397. The van der Waals surface area contributed by atoms with Crippen LogP contribution in [0.15, 0.2) is 77.7 Å². The molecule has 3 aromatic rings. The number of benzene rings is 3. The summed E-state index contributed by atoms with van der Waals surface area (Å²) < 4.78 is 38.4. The monoisotopic (exact) mass is 502 g/mol. The largest absolute Gasteiger partial charge is 0.497 e. The van der Waals surface area contributed by atoms with Gasteiger partial charge in [0.15, 0.2) is 6.61 Å². The van der Waals surface area contributed by atoms with E-state index in [9.17, 15) is 13.2 Å². The highest BCUT2D eigenvalue weighted by Crippen LogP contribution is 2.28. The third-order valence-electron chi connectivity index (χ3n) is 5.03. The lowest BCUT2D eigenvalue weighted by molar-refractivity contribution is -0.123. The lowest BCUT2D eigenvalue weighted by atomic mass is 10.1. The third-order valence-corrected chi connectivity index (χ3v) is 6.71. The summed E-state index contributed by atoms with van der Waals surface area (Å²) in [6, 6.07) is 20.6. The van der Waals surface area contributed by atoms with E-state index in [1.165, 1.54) is 30.9 Å². The summed E-state index contributed by atoms with van der Waals surface area (Å²) in [4.78, 5) is 12.2. The van der Waals surface area contributed by atoms with Crippen molar-refractivity contribution >= 4 is 33.2 Å². The molecule has 2 N–H and O–H groups in total. The zero-order valence-electron chi connectivity index (χ0n) is 19.0. The summed E-state index contributed by atoms with van der Waals surface area (Å²) in [6.07, 6.45) is 1.65. The minimum atomic E-state index is -3.86. The normalized spacial score (nSPS) is 12.0. The van der Waals surface area contributed by atoms with Gasteiger partial charge in [0, 0.05) is 11.7 Å². The molecule has 0 fully saturated rings. The molecular weight excluding hydrogens is 476 g/mol. The molecule has 3 rings (SSSR count). The summed E-state index contributed by atoms with van der Waals surface area (Å²) in [5, 5.41) is 2.97. The molecule has 0 aliphatic carbocycles. The van der Waals surface area contributed by atoms with Crippen LogP contribution >= 0.6 is 11.6 Å². The number of halogens is 1. The first-order valence-electron chi connectivity index (χ1n) is 10.7. The predicted octanol–water partition coefficient (Wildman–Crippen LogP) is 4.67. The fraction of sp³-hybridized carbons (Fsp3) is 0.240. The Balaban J connectivity index is 1.52. The summed E-state index contributed by atoms with van der Waals surface area (Å²) in [5.41, 5.74) is 1.60. The van der Waals surface area contributed by atoms with Crippen LogP contribution in [0.4, 0.5) is 5.69 Å². The van der Waals surface area contributed by atoms with Gasteiger partial charge in [0.1, 0.15) is 11.5 Å². The van der Waals surface area contributed by atoms with E-state index in [0.29, 0.717) is 11.4 Å². The summed E-state index contributed by atoms with van der Waals surface area (Å²) >= 11 is 6.22. The molecule has 0 aromatic heterocycles. The molecule has 180 valence electrons. The van der Waals surface area contributed by atoms with E-state index >= 15 is 0 Å². The lowest BCUT2D eigenvalue weighted by Crippen LogP contribution is -2.36. The van der Waals surface area contributed by atoms with E-state index < -0.39 is 10.0 Å². The number of hydrogen-bond donors (Lipinski definition) is 2. The minimum Gasteiger partial charge on any atom is -0.497 e. The highest BCUT2D eigenvalue weighted by Gasteiger charge is 2.17. The van der Waals surface area contributed by atoms with Gasteiger partial charge in [-0.3, -0.25) is 9.52 Å². The van der Waals surface area contributed by atoms with Crippen molar-refractivity contribution < 1.29 is 22.7 Å². The van der Waals surface area contributed by atoms with E-state index in [2.05, 4.69) is 22.2 Å². The van der Waals surface area contributed by atoms with Crippen LogP contribution in [0, 0.1) is 0 Å². The molecule has 0 spiro atoms. The van der Waals surface area contributed by atoms with Crippen LogP contribution in [0.2, 0.25) is 5.02 Å². The lowest BCUT2D eigenvalue weighted by Gasteiger charge is -2.15. The Labute approximate surface area is 205 Å². The van der Waals surface area contributed by atoms with Crippen molar-refractivity contribution in [2.24, 2.45) is 0 Å². The molecule has 0 heterocycles. The molecule has 0 unspecified atom stereocenters.